The van der Waals surface area contributed by atoms with Crippen LogP contribution in [0.2, 0.25) is 0 Å². The van der Waals surface area contributed by atoms with Gasteiger partial charge in [0, 0.05) is 6.54 Å². The molecule has 1 N–H and O–H groups in total. The maximum atomic E-state index is 12.6. The van der Waals surface area contributed by atoms with Crippen LogP contribution in [0.4, 0.5) is 8.78 Å². The molecule has 0 saturated heterocycles. The SMILES string of the molecule is COc1cc(CNS(=O)(=O)c2cc(C)ccc2OC)ccc1OC(F)F. The van der Waals surface area contributed by atoms with Crippen molar-refractivity contribution < 1.29 is 31.4 Å². The number of alkyl halides is 2. The summed E-state index contributed by atoms with van der Waals surface area (Å²) >= 11 is 0. The second kappa shape index (κ2) is 8.33. The minimum Gasteiger partial charge on any atom is -0.495 e. The van der Waals surface area contributed by atoms with Crippen LogP contribution in [0.1, 0.15) is 11.1 Å². The Morgan fingerprint density at radius 2 is 1.65 bits per heavy atom. The summed E-state index contributed by atoms with van der Waals surface area (Å²) in [6, 6.07) is 9.00. The molecule has 0 spiro atoms. The van der Waals surface area contributed by atoms with Crippen molar-refractivity contribution in [2.24, 2.45) is 0 Å². The van der Waals surface area contributed by atoms with Crippen molar-refractivity contribution in [1.29, 1.82) is 0 Å². The first-order valence-electron chi connectivity index (χ1n) is 7.53. The molecule has 0 saturated carbocycles. The highest BCUT2D eigenvalue weighted by atomic mass is 32.2. The largest absolute Gasteiger partial charge is 0.495 e. The van der Waals surface area contributed by atoms with E-state index in [-0.39, 0.29) is 28.7 Å². The van der Waals surface area contributed by atoms with Gasteiger partial charge >= 0.3 is 6.61 Å². The molecule has 26 heavy (non-hydrogen) atoms. The van der Waals surface area contributed by atoms with Gasteiger partial charge in [-0.2, -0.15) is 8.78 Å². The lowest BCUT2D eigenvalue weighted by atomic mass is 10.2. The Hall–Kier alpha value is -2.39. The first-order valence-corrected chi connectivity index (χ1v) is 9.01. The Morgan fingerprint density at radius 3 is 2.27 bits per heavy atom. The quantitative estimate of drug-likeness (QED) is 0.754. The maximum absolute atomic E-state index is 12.6. The molecule has 0 aliphatic carbocycles. The van der Waals surface area contributed by atoms with E-state index in [9.17, 15) is 17.2 Å². The highest BCUT2D eigenvalue weighted by Gasteiger charge is 2.20. The number of benzene rings is 2. The van der Waals surface area contributed by atoms with Crippen molar-refractivity contribution in [3.63, 3.8) is 0 Å². The maximum Gasteiger partial charge on any atom is 0.387 e. The Labute approximate surface area is 150 Å². The van der Waals surface area contributed by atoms with Crippen LogP contribution in [0.25, 0.3) is 0 Å². The van der Waals surface area contributed by atoms with Gasteiger partial charge in [0.15, 0.2) is 11.5 Å². The average Bonchev–Trinajstić information content (AvgIpc) is 2.60. The van der Waals surface area contributed by atoms with Crippen molar-refractivity contribution in [2.45, 2.75) is 25.0 Å². The molecule has 2 aromatic rings. The second-order valence-corrected chi connectivity index (χ2v) is 7.08. The lowest BCUT2D eigenvalue weighted by Gasteiger charge is -2.13. The van der Waals surface area contributed by atoms with E-state index in [0.29, 0.717) is 5.56 Å². The second-order valence-electron chi connectivity index (χ2n) is 5.34. The summed E-state index contributed by atoms with van der Waals surface area (Å²) < 4.78 is 66.7. The van der Waals surface area contributed by atoms with Gasteiger partial charge in [0.25, 0.3) is 0 Å². The topological polar surface area (TPSA) is 73.9 Å². The van der Waals surface area contributed by atoms with Crippen molar-refractivity contribution in [3.8, 4) is 17.2 Å². The molecule has 0 aliphatic heterocycles. The molecule has 9 heteroatoms. The minimum absolute atomic E-state index is 0.0182. The van der Waals surface area contributed by atoms with Crippen molar-refractivity contribution in [3.05, 3.63) is 47.5 Å². The molecule has 6 nitrogen and oxygen atoms in total. The van der Waals surface area contributed by atoms with E-state index >= 15 is 0 Å². The van der Waals surface area contributed by atoms with Crippen molar-refractivity contribution in [2.75, 3.05) is 14.2 Å². The standard InChI is InChI=1S/C17H19F2NO5S/c1-11-4-6-14(23-2)16(8-11)26(21,22)20-10-12-5-7-13(25-17(18)19)15(9-12)24-3/h4-9,17,20H,10H2,1-3H3. The van der Waals surface area contributed by atoms with Gasteiger partial charge in [0.1, 0.15) is 10.6 Å². The summed E-state index contributed by atoms with van der Waals surface area (Å²) in [5.74, 6) is 0.172. The van der Waals surface area contributed by atoms with Crippen LogP contribution >= 0.6 is 0 Å². The molecule has 142 valence electrons. The molecule has 0 fully saturated rings. The molecular formula is C17H19F2NO5S. The summed E-state index contributed by atoms with van der Waals surface area (Å²) in [6.07, 6.45) is 0. The van der Waals surface area contributed by atoms with Crippen LogP contribution in [0, 0.1) is 6.92 Å². The van der Waals surface area contributed by atoms with E-state index in [4.69, 9.17) is 9.47 Å². The Morgan fingerprint density at radius 1 is 1.00 bits per heavy atom. The number of aryl methyl sites for hydroxylation is 1. The molecule has 0 aliphatic rings. The van der Waals surface area contributed by atoms with E-state index < -0.39 is 16.6 Å². The van der Waals surface area contributed by atoms with Gasteiger partial charge in [-0.25, -0.2) is 13.1 Å². The van der Waals surface area contributed by atoms with E-state index in [1.165, 1.54) is 38.5 Å². The zero-order valence-electron chi connectivity index (χ0n) is 14.5. The fourth-order valence-corrected chi connectivity index (χ4v) is 3.53. The van der Waals surface area contributed by atoms with Crippen LogP contribution in [0.3, 0.4) is 0 Å². The van der Waals surface area contributed by atoms with E-state index in [2.05, 4.69) is 9.46 Å². The molecular weight excluding hydrogens is 368 g/mol. The molecule has 0 radical (unpaired) electrons. The van der Waals surface area contributed by atoms with Crippen LogP contribution < -0.4 is 18.9 Å². The van der Waals surface area contributed by atoms with Crippen LogP contribution in [0.5, 0.6) is 17.2 Å². The lowest BCUT2D eigenvalue weighted by molar-refractivity contribution is -0.0512. The third-order valence-corrected chi connectivity index (χ3v) is 4.94. The molecule has 0 amide bonds. The number of ether oxygens (including phenoxy) is 3. The zero-order valence-corrected chi connectivity index (χ0v) is 15.3. The van der Waals surface area contributed by atoms with Gasteiger partial charge in [-0.05, 0) is 42.3 Å². The van der Waals surface area contributed by atoms with Gasteiger partial charge in [-0.3, -0.25) is 0 Å². The summed E-state index contributed by atoms with van der Waals surface area (Å²) in [6.45, 7) is -1.28. The first-order chi connectivity index (χ1) is 12.3. The number of sulfonamides is 1. The summed E-state index contributed by atoms with van der Waals surface area (Å²) in [7, 11) is -1.15. The number of nitrogens with one attached hydrogen (secondary N) is 1. The highest BCUT2D eigenvalue weighted by Crippen LogP contribution is 2.30. The third kappa shape index (κ3) is 4.83. The Bertz CT molecular complexity index is 871. The molecule has 0 heterocycles. The summed E-state index contributed by atoms with van der Waals surface area (Å²) in [4.78, 5) is 0.0182. The molecule has 0 bridgehead atoms. The van der Waals surface area contributed by atoms with Crippen LogP contribution in [-0.2, 0) is 16.6 Å². The van der Waals surface area contributed by atoms with Crippen molar-refractivity contribution in [1.82, 2.24) is 4.72 Å². The monoisotopic (exact) mass is 387 g/mol. The number of halogens is 2. The zero-order chi connectivity index (χ0) is 19.3. The molecule has 2 rings (SSSR count). The predicted molar refractivity (Wildman–Crippen MR) is 91.4 cm³/mol. The fraction of sp³-hybridized carbons (Fsp3) is 0.294. The van der Waals surface area contributed by atoms with Crippen LogP contribution in [0.15, 0.2) is 41.3 Å². The van der Waals surface area contributed by atoms with E-state index in [0.717, 1.165) is 5.56 Å². The lowest BCUT2D eigenvalue weighted by Crippen LogP contribution is -2.24. The predicted octanol–water partition coefficient (Wildman–Crippen LogP) is 3.09. The molecule has 0 aromatic heterocycles. The minimum atomic E-state index is -3.84. The Balaban J connectivity index is 2.21. The summed E-state index contributed by atoms with van der Waals surface area (Å²) in [5, 5.41) is 0. The normalized spacial score (nSPS) is 11.5. The number of hydrogen-bond acceptors (Lipinski definition) is 5. The van der Waals surface area contributed by atoms with E-state index in [1.54, 1.807) is 19.1 Å². The Kier molecular flexibility index (Phi) is 6.38. The third-order valence-electron chi connectivity index (χ3n) is 3.52. The molecule has 0 unspecified atom stereocenters. The highest BCUT2D eigenvalue weighted by molar-refractivity contribution is 7.89. The number of hydrogen-bond donors (Lipinski definition) is 1. The van der Waals surface area contributed by atoms with Gasteiger partial charge < -0.3 is 14.2 Å². The molecule has 2 aromatic carbocycles. The number of methoxy groups -OCH3 is 2. The summed E-state index contributed by atoms with van der Waals surface area (Å²) in [5.41, 5.74) is 1.28. The van der Waals surface area contributed by atoms with Crippen molar-refractivity contribution >= 4 is 10.0 Å². The van der Waals surface area contributed by atoms with Crippen LogP contribution in [-0.4, -0.2) is 29.2 Å². The average molecular weight is 387 g/mol. The van der Waals surface area contributed by atoms with Gasteiger partial charge in [-0.1, -0.05) is 12.1 Å². The van der Waals surface area contributed by atoms with Gasteiger partial charge in [0.05, 0.1) is 14.2 Å². The number of rotatable bonds is 8. The van der Waals surface area contributed by atoms with Gasteiger partial charge in [0.2, 0.25) is 10.0 Å². The van der Waals surface area contributed by atoms with E-state index in [1.807, 2.05) is 0 Å². The molecule has 0 atom stereocenters. The first kappa shape index (κ1) is 19.9. The smallest absolute Gasteiger partial charge is 0.387 e. The fourth-order valence-electron chi connectivity index (χ4n) is 2.27. The van der Waals surface area contributed by atoms with Gasteiger partial charge in [-0.15, -0.1) is 0 Å².